The molecule has 9 heteroatoms. The molecule has 0 fully saturated rings. The van der Waals surface area contributed by atoms with E-state index in [-0.39, 0.29) is 33.7 Å². The lowest BCUT2D eigenvalue weighted by molar-refractivity contribution is -0.118. The van der Waals surface area contributed by atoms with Gasteiger partial charge < -0.3 is 10.6 Å². The molecular formula is C26H20ClF4N3O. The SMILES string of the molecule is CC1=C(C(=O)N[C@H](C)c2ccccc2)C(c2ccc(F)cc2Cl)N=C(c2c(F)cc(F)cc2F)N1. The highest BCUT2D eigenvalue weighted by Crippen LogP contribution is 2.36. The highest BCUT2D eigenvalue weighted by atomic mass is 35.5. The molecule has 4 nitrogen and oxygen atoms in total. The zero-order chi connectivity index (χ0) is 25.3. The topological polar surface area (TPSA) is 53.5 Å². The Morgan fingerprint density at radius 3 is 2.29 bits per heavy atom. The van der Waals surface area contributed by atoms with Crippen LogP contribution in [0, 0.1) is 23.3 Å². The molecule has 1 amide bonds. The van der Waals surface area contributed by atoms with Crippen molar-refractivity contribution in [3.05, 3.63) is 117 Å². The van der Waals surface area contributed by atoms with Gasteiger partial charge in [-0.1, -0.05) is 48.0 Å². The summed E-state index contributed by atoms with van der Waals surface area (Å²) in [5, 5.41) is 5.63. The van der Waals surface area contributed by atoms with Crippen LogP contribution in [0.25, 0.3) is 0 Å². The highest BCUT2D eigenvalue weighted by Gasteiger charge is 2.33. The van der Waals surface area contributed by atoms with Crippen LogP contribution in [0.2, 0.25) is 5.02 Å². The highest BCUT2D eigenvalue weighted by molar-refractivity contribution is 6.31. The number of carbonyl (C=O) groups excluding carboxylic acids is 1. The second kappa shape index (κ2) is 9.92. The van der Waals surface area contributed by atoms with Gasteiger partial charge >= 0.3 is 0 Å². The van der Waals surface area contributed by atoms with Crippen molar-refractivity contribution in [3.63, 3.8) is 0 Å². The molecule has 180 valence electrons. The molecule has 0 aliphatic carbocycles. The van der Waals surface area contributed by atoms with Gasteiger partial charge in [0.1, 0.15) is 35.1 Å². The lowest BCUT2D eigenvalue weighted by atomic mass is 9.94. The van der Waals surface area contributed by atoms with Crippen LogP contribution in [0.4, 0.5) is 17.6 Å². The number of allylic oxidation sites excluding steroid dienone is 1. The van der Waals surface area contributed by atoms with E-state index in [0.29, 0.717) is 12.1 Å². The molecule has 0 spiro atoms. The summed E-state index contributed by atoms with van der Waals surface area (Å²) in [5.41, 5.74) is 0.908. The molecule has 1 aliphatic heterocycles. The third kappa shape index (κ3) is 5.07. The second-order valence-electron chi connectivity index (χ2n) is 8.06. The Morgan fingerprint density at radius 2 is 1.66 bits per heavy atom. The molecule has 2 N–H and O–H groups in total. The molecule has 1 heterocycles. The first-order valence-electron chi connectivity index (χ1n) is 10.7. The Labute approximate surface area is 204 Å². The van der Waals surface area contributed by atoms with E-state index in [1.165, 1.54) is 6.07 Å². The molecule has 4 rings (SSSR count). The number of nitrogens with zero attached hydrogens (tertiary/aromatic N) is 1. The van der Waals surface area contributed by atoms with Crippen molar-refractivity contribution in [2.45, 2.75) is 25.9 Å². The van der Waals surface area contributed by atoms with Gasteiger partial charge in [0, 0.05) is 28.4 Å². The maximum Gasteiger partial charge on any atom is 0.251 e. The third-order valence-corrected chi connectivity index (χ3v) is 5.96. The van der Waals surface area contributed by atoms with Gasteiger partial charge in [-0.3, -0.25) is 9.79 Å². The standard InChI is InChI=1S/C26H20ClF4N3O/c1-13(15-6-4-3-5-7-15)33-26(35)22-14(2)32-25(23-20(30)11-17(29)12-21(23)31)34-24(22)18-9-8-16(28)10-19(18)27/h3-13,24H,1-2H3,(H,32,34)(H,33,35)/t13-,24?/m1/s1. The Balaban J connectivity index is 1.79. The minimum Gasteiger partial charge on any atom is -0.346 e. The van der Waals surface area contributed by atoms with Crippen LogP contribution in [-0.2, 0) is 4.79 Å². The first-order valence-corrected chi connectivity index (χ1v) is 11.0. The van der Waals surface area contributed by atoms with Gasteiger partial charge in [-0.2, -0.15) is 0 Å². The Bertz CT molecular complexity index is 1330. The minimum atomic E-state index is -1.17. The summed E-state index contributed by atoms with van der Waals surface area (Å²) in [4.78, 5) is 17.8. The number of amides is 1. The largest absolute Gasteiger partial charge is 0.346 e. The van der Waals surface area contributed by atoms with E-state index < -0.39 is 40.8 Å². The predicted octanol–water partition coefficient (Wildman–Crippen LogP) is 6.14. The lowest BCUT2D eigenvalue weighted by Crippen LogP contribution is -2.38. The van der Waals surface area contributed by atoms with Crippen molar-refractivity contribution in [2.75, 3.05) is 0 Å². The average molecular weight is 502 g/mol. The van der Waals surface area contributed by atoms with Gasteiger partial charge in [-0.25, -0.2) is 17.6 Å². The van der Waals surface area contributed by atoms with Crippen LogP contribution in [-0.4, -0.2) is 11.7 Å². The van der Waals surface area contributed by atoms with Crippen LogP contribution in [0.5, 0.6) is 0 Å². The monoisotopic (exact) mass is 501 g/mol. The molecule has 2 atom stereocenters. The maximum absolute atomic E-state index is 14.5. The number of rotatable bonds is 5. The second-order valence-corrected chi connectivity index (χ2v) is 8.47. The third-order valence-electron chi connectivity index (χ3n) is 5.63. The summed E-state index contributed by atoms with van der Waals surface area (Å²) >= 11 is 6.28. The Morgan fingerprint density at radius 1 is 1.00 bits per heavy atom. The molecule has 0 saturated carbocycles. The molecule has 0 aromatic heterocycles. The Kier molecular flexibility index (Phi) is 6.93. The van der Waals surface area contributed by atoms with Crippen molar-refractivity contribution < 1.29 is 22.4 Å². The van der Waals surface area contributed by atoms with Crippen molar-refractivity contribution in [1.29, 1.82) is 0 Å². The zero-order valence-corrected chi connectivity index (χ0v) is 19.4. The number of hydrogen-bond acceptors (Lipinski definition) is 3. The van der Waals surface area contributed by atoms with Crippen molar-refractivity contribution in [3.8, 4) is 0 Å². The van der Waals surface area contributed by atoms with Gasteiger partial charge in [0.15, 0.2) is 0 Å². The number of hydrogen-bond donors (Lipinski definition) is 2. The van der Waals surface area contributed by atoms with Gasteiger partial charge in [-0.05, 0) is 31.5 Å². The number of benzene rings is 3. The molecule has 1 aliphatic rings. The first kappa shape index (κ1) is 24.5. The van der Waals surface area contributed by atoms with E-state index in [2.05, 4.69) is 15.6 Å². The predicted molar refractivity (Wildman–Crippen MR) is 126 cm³/mol. The van der Waals surface area contributed by atoms with E-state index >= 15 is 0 Å². The van der Waals surface area contributed by atoms with Gasteiger partial charge in [0.05, 0.1) is 17.2 Å². The number of nitrogens with one attached hydrogen (secondary N) is 2. The van der Waals surface area contributed by atoms with Gasteiger partial charge in [0.2, 0.25) is 0 Å². The first-order chi connectivity index (χ1) is 16.7. The van der Waals surface area contributed by atoms with E-state index in [1.807, 2.05) is 30.3 Å². The average Bonchev–Trinajstić information content (AvgIpc) is 2.78. The Hall–Kier alpha value is -3.65. The smallest absolute Gasteiger partial charge is 0.251 e. The number of aliphatic imine (C=N–C) groups is 1. The number of halogens is 5. The molecule has 3 aromatic rings. The normalized spacial score (nSPS) is 16.4. The van der Waals surface area contributed by atoms with Crippen LogP contribution >= 0.6 is 11.6 Å². The van der Waals surface area contributed by atoms with Crippen LogP contribution in [0.1, 0.15) is 42.6 Å². The summed E-state index contributed by atoms with van der Waals surface area (Å²) in [6, 6.07) is 12.4. The summed E-state index contributed by atoms with van der Waals surface area (Å²) in [7, 11) is 0. The summed E-state index contributed by atoms with van der Waals surface area (Å²) < 4.78 is 56.2. The van der Waals surface area contributed by atoms with Crippen molar-refractivity contribution in [1.82, 2.24) is 10.6 Å². The van der Waals surface area contributed by atoms with Crippen molar-refractivity contribution >= 4 is 23.3 Å². The van der Waals surface area contributed by atoms with Crippen LogP contribution < -0.4 is 10.6 Å². The van der Waals surface area contributed by atoms with Gasteiger partial charge in [-0.15, -0.1) is 0 Å². The molecule has 0 radical (unpaired) electrons. The molecule has 3 aromatic carbocycles. The fraction of sp³-hybridized carbons (Fsp3) is 0.154. The maximum atomic E-state index is 14.5. The summed E-state index contributed by atoms with van der Waals surface area (Å²) in [6.45, 7) is 3.35. The number of carbonyl (C=O) groups is 1. The summed E-state index contributed by atoms with van der Waals surface area (Å²) in [5.74, 6) is -4.78. The van der Waals surface area contributed by atoms with Crippen molar-refractivity contribution in [2.24, 2.45) is 4.99 Å². The number of amidine groups is 1. The molecule has 1 unspecified atom stereocenters. The quantitative estimate of drug-likeness (QED) is 0.413. The molecular weight excluding hydrogens is 482 g/mol. The fourth-order valence-corrected chi connectivity index (χ4v) is 4.18. The zero-order valence-electron chi connectivity index (χ0n) is 18.7. The lowest BCUT2D eigenvalue weighted by Gasteiger charge is -2.28. The fourth-order valence-electron chi connectivity index (χ4n) is 3.91. The summed E-state index contributed by atoms with van der Waals surface area (Å²) in [6.07, 6.45) is 0. The molecule has 0 saturated heterocycles. The molecule has 35 heavy (non-hydrogen) atoms. The van der Waals surface area contributed by atoms with Crippen LogP contribution in [0.15, 0.2) is 76.9 Å². The molecule has 0 bridgehead atoms. The minimum absolute atomic E-state index is 0.0192. The van der Waals surface area contributed by atoms with E-state index in [9.17, 15) is 22.4 Å². The van der Waals surface area contributed by atoms with Crippen LogP contribution in [0.3, 0.4) is 0 Å². The van der Waals surface area contributed by atoms with Gasteiger partial charge in [0.25, 0.3) is 5.91 Å². The van der Waals surface area contributed by atoms with E-state index in [4.69, 9.17) is 11.6 Å². The van der Waals surface area contributed by atoms with E-state index in [0.717, 1.165) is 17.7 Å². The van der Waals surface area contributed by atoms with E-state index in [1.54, 1.807) is 13.8 Å².